The number of benzene rings is 2. The fourth-order valence-electron chi connectivity index (χ4n) is 2.60. The molecule has 3 rings (SSSR count). The van der Waals surface area contributed by atoms with Crippen LogP contribution in [0.15, 0.2) is 36.4 Å². The van der Waals surface area contributed by atoms with Crippen molar-refractivity contribution in [3.8, 4) is 11.5 Å². The minimum absolute atomic E-state index is 0.0517. The second kappa shape index (κ2) is 7.30. The molecule has 1 amide bonds. The molecule has 2 aromatic carbocycles. The Balaban J connectivity index is 1.77. The van der Waals surface area contributed by atoms with Crippen molar-refractivity contribution in [3.05, 3.63) is 57.6 Å². The van der Waals surface area contributed by atoms with Crippen molar-refractivity contribution in [2.24, 2.45) is 0 Å². The molecule has 0 saturated heterocycles. The van der Waals surface area contributed by atoms with Gasteiger partial charge in [0.1, 0.15) is 18.8 Å². The first-order chi connectivity index (χ1) is 12.5. The maximum absolute atomic E-state index is 12.5. The lowest BCUT2D eigenvalue weighted by Gasteiger charge is -2.19. The highest BCUT2D eigenvalue weighted by atomic mass is 16.6. The van der Waals surface area contributed by atoms with Gasteiger partial charge in [-0.25, -0.2) is 0 Å². The predicted molar refractivity (Wildman–Crippen MR) is 96.0 cm³/mol. The van der Waals surface area contributed by atoms with Crippen LogP contribution >= 0.6 is 0 Å². The molecule has 0 atom stereocenters. The first-order valence-electron chi connectivity index (χ1n) is 8.08. The number of anilines is 1. The van der Waals surface area contributed by atoms with Crippen LogP contribution in [0.5, 0.6) is 11.5 Å². The standard InChI is InChI=1S/C18H19N3O5/c1-20(2)13-5-3-12(4-6-13)11-19-18(22)14-9-16-17(26-8-7-25-16)10-15(14)21(23)24/h3-6,9-10H,7-8,11H2,1-2H3,(H,19,22). The number of hydrogen-bond acceptors (Lipinski definition) is 6. The quantitative estimate of drug-likeness (QED) is 0.652. The van der Waals surface area contributed by atoms with Gasteiger partial charge < -0.3 is 19.7 Å². The van der Waals surface area contributed by atoms with Gasteiger partial charge in [-0.1, -0.05) is 12.1 Å². The van der Waals surface area contributed by atoms with Crippen molar-refractivity contribution in [1.29, 1.82) is 0 Å². The largest absolute Gasteiger partial charge is 0.486 e. The van der Waals surface area contributed by atoms with Crippen LogP contribution in [0.4, 0.5) is 11.4 Å². The average Bonchev–Trinajstić information content (AvgIpc) is 2.65. The SMILES string of the molecule is CN(C)c1ccc(CNC(=O)c2cc3c(cc2[N+](=O)[O-])OCCO3)cc1. The Morgan fingerprint density at radius 1 is 1.15 bits per heavy atom. The normalized spacial score (nSPS) is 12.4. The van der Waals surface area contributed by atoms with Gasteiger partial charge in [-0.3, -0.25) is 14.9 Å². The zero-order valence-corrected chi connectivity index (χ0v) is 14.5. The van der Waals surface area contributed by atoms with E-state index in [4.69, 9.17) is 9.47 Å². The minimum Gasteiger partial charge on any atom is -0.486 e. The van der Waals surface area contributed by atoms with E-state index in [0.717, 1.165) is 11.3 Å². The summed E-state index contributed by atoms with van der Waals surface area (Å²) in [6, 6.07) is 10.3. The van der Waals surface area contributed by atoms with E-state index in [9.17, 15) is 14.9 Å². The predicted octanol–water partition coefficient (Wildman–Crippen LogP) is 2.36. The van der Waals surface area contributed by atoms with E-state index >= 15 is 0 Å². The number of nitrogens with one attached hydrogen (secondary N) is 1. The van der Waals surface area contributed by atoms with Crippen LogP contribution in [0, 0.1) is 10.1 Å². The third kappa shape index (κ3) is 3.69. The Kier molecular flexibility index (Phi) is 4.92. The lowest BCUT2D eigenvalue weighted by Crippen LogP contribution is -2.24. The molecule has 0 fully saturated rings. The third-order valence-corrected chi connectivity index (χ3v) is 4.01. The molecule has 1 aliphatic rings. The van der Waals surface area contributed by atoms with Crippen LogP contribution in [-0.4, -0.2) is 38.1 Å². The molecule has 0 aromatic heterocycles. The van der Waals surface area contributed by atoms with Crippen LogP contribution in [0.25, 0.3) is 0 Å². The smallest absolute Gasteiger partial charge is 0.286 e. The molecule has 1 N–H and O–H groups in total. The lowest BCUT2D eigenvalue weighted by molar-refractivity contribution is -0.385. The highest BCUT2D eigenvalue weighted by molar-refractivity contribution is 5.99. The zero-order valence-electron chi connectivity index (χ0n) is 14.5. The molecule has 8 heteroatoms. The summed E-state index contributed by atoms with van der Waals surface area (Å²) in [6.45, 7) is 0.918. The van der Waals surface area contributed by atoms with Gasteiger partial charge in [0.25, 0.3) is 11.6 Å². The number of rotatable bonds is 5. The Morgan fingerprint density at radius 2 is 1.77 bits per heavy atom. The molecule has 8 nitrogen and oxygen atoms in total. The van der Waals surface area contributed by atoms with Crippen molar-refractivity contribution in [3.63, 3.8) is 0 Å². The number of carbonyl (C=O) groups excluding carboxylic acids is 1. The topological polar surface area (TPSA) is 93.9 Å². The Bertz CT molecular complexity index is 833. The number of nitrogens with zero attached hydrogens (tertiary/aromatic N) is 2. The van der Waals surface area contributed by atoms with Gasteiger partial charge in [0.2, 0.25) is 0 Å². The molecule has 0 bridgehead atoms. The molecular formula is C18H19N3O5. The molecule has 2 aromatic rings. The molecule has 0 aliphatic carbocycles. The van der Waals surface area contributed by atoms with Gasteiger partial charge in [-0.2, -0.15) is 0 Å². The highest BCUT2D eigenvalue weighted by Gasteiger charge is 2.26. The maximum atomic E-state index is 12.5. The summed E-state index contributed by atoms with van der Waals surface area (Å²) in [5, 5.41) is 14.0. The van der Waals surface area contributed by atoms with Gasteiger partial charge >= 0.3 is 0 Å². The number of fused-ring (bicyclic) bond motifs is 1. The number of hydrogen-bond donors (Lipinski definition) is 1. The first-order valence-corrected chi connectivity index (χ1v) is 8.08. The first kappa shape index (κ1) is 17.5. The third-order valence-electron chi connectivity index (χ3n) is 4.01. The van der Waals surface area contributed by atoms with E-state index in [0.29, 0.717) is 19.0 Å². The number of carbonyl (C=O) groups is 1. The summed E-state index contributed by atoms with van der Waals surface area (Å²) in [6.07, 6.45) is 0. The fourth-order valence-corrected chi connectivity index (χ4v) is 2.60. The van der Waals surface area contributed by atoms with E-state index in [1.165, 1.54) is 12.1 Å². The van der Waals surface area contributed by atoms with Gasteiger partial charge in [0.05, 0.1) is 11.0 Å². The minimum atomic E-state index is -0.598. The van der Waals surface area contributed by atoms with Gasteiger partial charge in [0.15, 0.2) is 11.5 Å². The van der Waals surface area contributed by atoms with Crippen LogP contribution < -0.4 is 19.7 Å². The molecule has 136 valence electrons. The van der Waals surface area contributed by atoms with E-state index in [1.807, 2.05) is 43.3 Å². The van der Waals surface area contributed by atoms with Crippen molar-refractivity contribution in [2.45, 2.75) is 6.54 Å². The van der Waals surface area contributed by atoms with Crippen molar-refractivity contribution in [1.82, 2.24) is 5.32 Å². The molecule has 0 spiro atoms. The van der Waals surface area contributed by atoms with E-state index < -0.39 is 10.8 Å². The summed E-state index contributed by atoms with van der Waals surface area (Å²) >= 11 is 0. The summed E-state index contributed by atoms with van der Waals surface area (Å²) < 4.78 is 10.8. The second-order valence-corrected chi connectivity index (χ2v) is 6.01. The monoisotopic (exact) mass is 357 g/mol. The van der Waals surface area contributed by atoms with Crippen molar-refractivity contribution < 1.29 is 19.2 Å². The molecule has 0 saturated carbocycles. The van der Waals surface area contributed by atoms with Gasteiger partial charge in [-0.05, 0) is 17.7 Å². The molecule has 1 aliphatic heterocycles. The number of nitro benzene ring substituents is 1. The maximum Gasteiger partial charge on any atom is 0.286 e. The van der Waals surface area contributed by atoms with Crippen molar-refractivity contribution in [2.75, 3.05) is 32.2 Å². The zero-order chi connectivity index (χ0) is 18.7. The van der Waals surface area contributed by atoms with Gasteiger partial charge in [0, 0.05) is 32.4 Å². The highest BCUT2D eigenvalue weighted by Crippen LogP contribution is 2.36. The van der Waals surface area contributed by atoms with Crippen LogP contribution in [0.1, 0.15) is 15.9 Å². The van der Waals surface area contributed by atoms with E-state index in [2.05, 4.69) is 5.32 Å². The fraction of sp³-hybridized carbons (Fsp3) is 0.278. The summed E-state index contributed by atoms with van der Waals surface area (Å²) in [7, 11) is 3.88. The van der Waals surface area contributed by atoms with Crippen LogP contribution in [0.2, 0.25) is 0 Å². The Hall–Kier alpha value is -3.29. The number of nitro groups is 1. The molecule has 1 heterocycles. The Morgan fingerprint density at radius 3 is 2.35 bits per heavy atom. The Labute approximate surface area is 150 Å². The van der Waals surface area contributed by atoms with Crippen LogP contribution in [-0.2, 0) is 6.54 Å². The summed E-state index contributed by atoms with van der Waals surface area (Å²) in [5.41, 5.74) is 1.57. The van der Waals surface area contributed by atoms with Crippen molar-refractivity contribution >= 4 is 17.3 Å². The molecule has 26 heavy (non-hydrogen) atoms. The van der Waals surface area contributed by atoms with E-state index in [1.54, 1.807) is 0 Å². The molecular weight excluding hydrogens is 338 g/mol. The van der Waals surface area contributed by atoms with E-state index in [-0.39, 0.29) is 23.5 Å². The lowest BCUT2D eigenvalue weighted by atomic mass is 10.1. The number of ether oxygens (including phenoxy) is 2. The van der Waals surface area contributed by atoms with Gasteiger partial charge in [-0.15, -0.1) is 0 Å². The number of amides is 1. The molecule has 0 radical (unpaired) electrons. The van der Waals surface area contributed by atoms with Crippen LogP contribution in [0.3, 0.4) is 0 Å². The summed E-state index contributed by atoms with van der Waals surface area (Å²) in [5.74, 6) is 0.0754. The molecule has 0 unspecified atom stereocenters. The average molecular weight is 357 g/mol. The summed E-state index contributed by atoms with van der Waals surface area (Å²) in [4.78, 5) is 25.2. The second-order valence-electron chi connectivity index (χ2n) is 6.01.